The van der Waals surface area contributed by atoms with Crippen LogP contribution in [-0.2, 0) is 28.4 Å². The molecule has 0 amide bonds. The molecule has 2 aromatic carbocycles. The van der Waals surface area contributed by atoms with E-state index in [0.717, 1.165) is 55.9 Å². The van der Waals surface area contributed by atoms with Crippen molar-refractivity contribution in [2.75, 3.05) is 19.7 Å². The molecule has 216 valence electrons. The SMILES string of the molecule is C/C(=C\c1nnc(CN2CCC(c3cccc4c3OC(C)(c3ccc(C)cc3F)O4)CC2)n1C[C@@H]1CCO1)C(=O)O. The van der Waals surface area contributed by atoms with Gasteiger partial charge in [-0.1, -0.05) is 18.2 Å². The number of aryl methyl sites for hydroxylation is 1. The first-order chi connectivity index (χ1) is 19.7. The Morgan fingerprint density at radius 2 is 1.95 bits per heavy atom. The number of carboxylic acids is 1. The molecule has 4 heterocycles. The van der Waals surface area contributed by atoms with Gasteiger partial charge in [-0.3, -0.25) is 4.90 Å². The van der Waals surface area contributed by atoms with Gasteiger partial charge in [0.15, 0.2) is 17.3 Å². The third-order valence-electron chi connectivity index (χ3n) is 8.34. The van der Waals surface area contributed by atoms with Crippen molar-refractivity contribution in [3.05, 3.63) is 76.1 Å². The van der Waals surface area contributed by atoms with Crippen molar-refractivity contribution in [3.8, 4) is 11.5 Å². The molecule has 0 saturated carbocycles. The molecule has 0 radical (unpaired) electrons. The zero-order valence-electron chi connectivity index (χ0n) is 23.6. The summed E-state index contributed by atoms with van der Waals surface area (Å²) in [6.07, 6.45) is 4.46. The molecule has 2 fully saturated rings. The molecule has 0 aliphatic carbocycles. The zero-order valence-corrected chi connectivity index (χ0v) is 23.6. The van der Waals surface area contributed by atoms with Crippen LogP contribution >= 0.6 is 0 Å². The molecular weight excluding hydrogens is 527 g/mol. The molecule has 0 spiro atoms. The third kappa shape index (κ3) is 5.46. The van der Waals surface area contributed by atoms with Crippen LogP contribution < -0.4 is 9.47 Å². The van der Waals surface area contributed by atoms with Crippen LogP contribution in [-0.4, -0.2) is 56.5 Å². The lowest BCUT2D eigenvalue weighted by Gasteiger charge is -2.33. The highest BCUT2D eigenvalue weighted by Crippen LogP contribution is 2.49. The fraction of sp³-hybridized carbons (Fsp3) is 0.452. The minimum absolute atomic E-state index is 0.0919. The van der Waals surface area contributed by atoms with Gasteiger partial charge in [0.05, 0.1) is 24.8 Å². The van der Waals surface area contributed by atoms with E-state index in [4.69, 9.17) is 14.2 Å². The number of ether oxygens (including phenoxy) is 3. The molecule has 1 aromatic heterocycles. The number of aromatic nitrogens is 3. The lowest BCUT2D eigenvalue weighted by molar-refractivity contribution is -0.132. The fourth-order valence-electron chi connectivity index (χ4n) is 5.83. The molecule has 2 saturated heterocycles. The Labute approximate surface area is 238 Å². The summed E-state index contributed by atoms with van der Waals surface area (Å²) >= 11 is 0. The summed E-state index contributed by atoms with van der Waals surface area (Å²) in [7, 11) is 0. The molecule has 10 heteroatoms. The second-order valence-electron chi connectivity index (χ2n) is 11.4. The third-order valence-corrected chi connectivity index (χ3v) is 8.34. The van der Waals surface area contributed by atoms with Crippen molar-refractivity contribution in [3.63, 3.8) is 0 Å². The Morgan fingerprint density at radius 3 is 2.63 bits per heavy atom. The van der Waals surface area contributed by atoms with Crippen LogP contribution in [0.25, 0.3) is 6.08 Å². The van der Waals surface area contributed by atoms with E-state index in [0.29, 0.717) is 36.0 Å². The van der Waals surface area contributed by atoms with E-state index in [1.165, 1.54) is 6.07 Å². The maximum absolute atomic E-state index is 14.9. The molecule has 1 N–H and O–H groups in total. The van der Waals surface area contributed by atoms with Gasteiger partial charge in [0.25, 0.3) is 5.79 Å². The van der Waals surface area contributed by atoms with Gasteiger partial charge < -0.3 is 23.9 Å². The van der Waals surface area contributed by atoms with E-state index in [2.05, 4.69) is 21.2 Å². The molecule has 6 rings (SSSR count). The van der Waals surface area contributed by atoms with Gasteiger partial charge in [-0.05, 0) is 82.0 Å². The Morgan fingerprint density at radius 1 is 1.17 bits per heavy atom. The van der Waals surface area contributed by atoms with Crippen LogP contribution in [0, 0.1) is 12.7 Å². The van der Waals surface area contributed by atoms with E-state index in [-0.39, 0.29) is 23.4 Å². The standard InChI is InChI=1S/C31H35FN4O5/c1-19-7-8-24(25(32)15-19)31(3)40-26-6-4-5-23(29(26)41-31)21-9-12-35(13-10-21)18-28-34-33-27(16-20(2)30(37)38)36(28)17-22-11-14-39-22/h4-8,15-16,21-22H,9-14,17-18H2,1-3H3,(H,37,38)/b20-16+/t22-,31?/m0/s1. The Balaban J connectivity index is 1.15. The minimum Gasteiger partial charge on any atom is -0.478 e. The van der Waals surface area contributed by atoms with Gasteiger partial charge in [-0.2, -0.15) is 0 Å². The van der Waals surface area contributed by atoms with Crippen LogP contribution in [0.5, 0.6) is 11.5 Å². The first kappa shape index (κ1) is 27.4. The number of carbonyl (C=O) groups is 1. The summed E-state index contributed by atoms with van der Waals surface area (Å²) in [4.78, 5) is 13.7. The number of hydrogen-bond donors (Lipinski definition) is 1. The first-order valence-corrected chi connectivity index (χ1v) is 14.2. The average molecular weight is 563 g/mol. The maximum atomic E-state index is 14.9. The lowest BCUT2D eigenvalue weighted by atomic mass is 9.88. The van der Waals surface area contributed by atoms with Crippen LogP contribution in [0.4, 0.5) is 4.39 Å². The molecule has 3 aliphatic heterocycles. The van der Waals surface area contributed by atoms with Crippen molar-refractivity contribution in [2.24, 2.45) is 0 Å². The topological polar surface area (TPSA) is 98.9 Å². The summed E-state index contributed by atoms with van der Waals surface area (Å²) in [5.41, 5.74) is 2.52. The van der Waals surface area contributed by atoms with Crippen molar-refractivity contribution in [2.45, 2.75) is 70.9 Å². The summed E-state index contributed by atoms with van der Waals surface area (Å²) in [5, 5.41) is 18.1. The molecule has 41 heavy (non-hydrogen) atoms. The number of para-hydroxylation sites is 1. The molecule has 0 bridgehead atoms. The Hall–Kier alpha value is -3.76. The molecule has 3 aromatic rings. The average Bonchev–Trinajstić information content (AvgIpc) is 3.46. The number of rotatable bonds is 8. The largest absolute Gasteiger partial charge is 0.478 e. The molecule has 9 nitrogen and oxygen atoms in total. The number of nitrogens with zero attached hydrogens (tertiary/aromatic N) is 4. The minimum atomic E-state index is -1.23. The number of hydrogen-bond acceptors (Lipinski definition) is 7. The number of likely N-dealkylation sites (tertiary alicyclic amines) is 1. The van der Waals surface area contributed by atoms with Crippen molar-refractivity contribution >= 4 is 12.0 Å². The summed E-state index contributed by atoms with van der Waals surface area (Å²) < 4.78 is 35.1. The number of benzene rings is 2. The van der Waals surface area contributed by atoms with Crippen LogP contribution in [0.3, 0.4) is 0 Å². The van der Waals surface area contributed by atoms with E-state index in [1.807, 2.05) is 29.7 Å². The number of fused-ring (bicyclic) bond motifs is 1. The predicted molar refractivity (Wildman–Crippen MR) is 149 cm³/mol. The zero-order chi connectivity index (χ0) is 28.7. The van der Waals surface area contributed by atoms with E-state index in [1.54, 1.807) is 26.0 Å². The van der Waals surface area contributed by atoms with Gasteiger partial charge in [0.2, 0.25) is 0 Å². The normalized spacial score (nSPS) is 23.0. The van der Waals surface area contributed by atoms with Crippen LogP contribution in [0.1, 0.15) is 67.4 Å². The van der Waals surface area contributed by atoms with E-state index in [9.17, 15) is 14.3 Å². The van der Waals surface area contributed by atoms with Gasteiger partial charge >= 0.3 is 5.97 Å². The summed E-state index contributed by atoms with van der Waals surface area (Å²) in [6.45, 7) is 8.84. The fourth-order valence-corrected chi connectivity index (χ4v) is 5.83. The number of piperidine rings is 1. The number of halogens is 1. The number of carboxylic acid groups (broad SMARTS) is 1. The monoisotopic (exact) mass is 562 g/mol. The molecule has 1 unspecified atom stereocenters. The molecule has 2 atom stereocenters. The number of aliphatic carboxylic acids is 1. The van der Waals surface area contributed by atoms with Gasteiger partial charge in [-0.25, -0.2) is 9.18 Å². The highest BCUT2D eigenvalue weighted by atomic mass is 19.1. The van der Waals surface area contributed by atoms with Crippen LogP contribution in [0.15, 0.2) is 42.0 Å². The van der Waals surface area contributed by atoms with E-state index < -0.39 is 11.8 Å². The maximum Gasteiger partial charge on any atom is 0.331 e. The Kier molecular flexibility index (Phi) is 7.29. The van der Waals surface area contributed by atoms with Crippen LogP contribution in [0.2, 0.25) is 0 Å². The second kappa shape index (κ2) is 10.9. The summed E-state index contributed by atoms with van der Waals surface area (Å²) in [6, 6.07) is 11.0. The van der Waals surface area contributed by atoms with Gasteiger partial charge in [0, 0.05) is 24.7 Å². The van der Waals surface area contributed by atoms with Gasteiger partial charge in [0.1, 0.15) is 11.6 Å². The Bertz CT molecular complexity index is 1490. The van der Waals surface area contributed by atoms with Crippen molar-refractivity contribution < 1.29 is 28.5 Å². The first-order valence-electron chi connectivity index (χ1n) is 14.2. The second-order valence-corrected chi connectivity index (χ2v) is 11.4. The van der Waals surface area contributed by atoms with Gasteiger partial charge in [-0.15, -0.1) is 10.2 Å². The lowest BCUT2D eigenvalue weighted by Crippen LogP contribution is -2.35. The predicted octanol–water partition coefficient (Wildman–Crippen LogP) is 5.03. The molecule has 3 aliphatic rings. The summed E-state index contributed by atoms with van der Waals surface area (Å²) in [5.74, 6) is 0.392. The highest BCUT2D eigenvalue weighted by molar-refractivity contribution is 5.90. The molecular formula is C31H35FN4O5. The van der Waals surface area contributed by atoms with Crippen molar-refractivity contribution in [1.82, 2.24) is 19.7 Å². The highest BCUT2D eigenvalue weighted by Gasteiger charge is 2.43. The van der Waals surface area contributed by atoms with E-state index >= 15 is 0 Å². The smallest absolute Gasteiger partial charge is 0.331 e. The quantitative estimate of drug-likeness (QED) is 0.382. The van der Waals surface area contributed by atoms with Crippen molar-refractivity contribution in [1.29, 1.82) is 0 Å².